The molecule has 0 aliphatic heterocycles. The van der Waals surface area contributed by atoms with Crippen LogP contribution in [0, 0.1) is 0 Å². The molecule has 0 spiro atoms. The summed E-state index contributed by atoms with van der Waals surface area (Å²) in [5.41, 5.74) is 7.65. The zero-order valence-electron chi connectivity index (χ0n) is 26.0. The molecule has 0 bridgehead atoms. The first-order valence-corrected chi connectivity index (χ1v) is 17.7. The summed E-state index contributed by atoms with van der Waals surface area (Å²) < 4.78 is 0. The molecule has 0 aliphatic rings. The van der Waals surface area contributed by atoms with Crippen molar-refractivity contribution in [3.05, 3.63) is 152 Å². The molecule has 0 N–H and O–H groups in total. The van der Waals surface area contributed by atoms with E-state index in [0.717, 1.165) is 0 Å². The van der Waals surface area contributed by atoms with Crippen molar-refractivity contribution in [3.63, 3.8) is 0 Å². The molecule has 8 rings (SSSR count). The highest BCUT2D eigenvalue weighted by molar-refractivity contribution is 7.94. The van der Waals surface area contributed by atoms with Gasteiger partial charge in [-0.15, -0.1) is 7.80 Å². The first-order valence-electron chi connectivity index (χ1n) is 15.9. The van der Waals surface area contributed by atoms with Gasteiger partial charge in [0.2, 0.25) is 0 Å². The quantitative estimate of drug-likeness (QED) is 0.106. The van der Waals surface area contributed by atoms with E-state index in [9.17, 15) is 0 Å². The summed E-state index contributed by atoms with van der Waals surface area (Å²) in [6.45, 7) is 7.08. The van der Waals surface area contributed by atoms with Crippen molar-refractivity contribution < 1.29 is 0 Å². The molecule has 1 atom stereocenters. The molecule has 8 aromatic rings. The van der Waals surface area contributed by atoms with Gasteiger partial charge in [0.15, 0.2) is 6.43 Å². The molecule has 0 radical (unpaired) electrons. The lowest BCUT2D eigenvalue weighted by Crippen LogP contribution is -2.10. The Kier molecular flexibility index (Phi) is 7.01. The molecule has 214 valence electrons. The highest BCUT2D eigenvalue weighted by Gasteiger charge is 2.19. The van der Waals surface area contributed by atoms with Crippen LogP contribution in [-0.4, -0.2) is 13.1 Å². The van der Waals surface area contributed by atoms with Gasteiger partial charge in [0.1, 0.15) is 0 Å². The normalized spacial score (nSPS) is 12.2. The fourth-order valence-electron chi connectivity index (χ4n) is 6.87. The number of hydrogen-bond donors (Lipinski definition) is 0. The van der Waals surface area contributed by atoms with Crippen LogP contribution in [0.5, 0.6) is 0 Å². The molecule has 1 unspecified atom stereocenters. The van der Waals surface area contributed by atoms with E-state index in [-0.39, 0.29) is 7.80 Å². The Morgan fingerprint density at radius 1 is 0.378 bits per heavy atom. The molecule has 2 heteroatoms. The topological polar surface area (TPSA) is 0 Å². The highest BCUT2D eigenvalue weighted by atomic mass is 31.1. The van der Waals surface area contributed by atoms with Crippen LogP contribution in [-0.2, 0) is 0 Å². The Balaban J connectivity index is 1.46. The third-order valence-electron chi connectivity index (χ3n) is 9.46. The molecule has 8 aromatic carbocycles. The molecule has 0 saturated carbocycles. The molecule has 45 heavy (non-hydrogen) atoms. The van der Waals surface area contributed by atoms with Gasteiger partial charge in [0.05, 0.1) is 0 Å². The Hall–Kier alpha value is -4.71. The van der Waals surface area contributed by atoms with Crippen LogP contribution in [0.15, 0.2) is 152 Å². The van der Waals surface area contributed by atoms with Crippen LogP contribution in [0.3, 0.4) is 0 Å². The van der Waals surface area contributed by atoms with Crippen molar-refractivity contribution in [3.8, 4) is 33.4 Å². The molecule has 0 fully saturated rings. The standard InChI is InChI=1S/C43H34BP/c1-44(2)45(3)37-16-10-15-33(27-37)34-23-24-40-41(28-34)43(36-22-20-30-12-5-7-14-32(30)26-36)39-18-9-8-17-38(39)42(40)35-21-19-29-11-4-6-13-31(29)25-35/h4-28H,1-3H3. The zero-order chi connectivity index (χ0) is 30.5. The molecule has 0 nitrogen and oxygen atoms in total. The predicted octanol–water partition coefficient (Wildman–Crippen LogP) is 12.3. The monoisotopic (exact) mass is 592 g/mol. The Morgan fingerprint density at radius 3 is 1.47 bits per heavy atom. The van der Waals surface area contributed by atoms with Gasteiger partial charge < -0.3 is 0 Å². The van der Waals surface area contributed by atoms with E-state index in [4.69, 9.17) is 0 Å². The van der Waals surface area contributed by atoms with E-state index < -0.39 is 0 Å². The Morgan fingerprint density at radius 2 is 0.867 bits per heavy atom. The number of benzene rings is 8. The smallest absolute Gasteiger partial charge is 0.113 e. The lowest BCUT2D eigenvalue weighted by Gasteiger charge is -2.20. The first-order chi connectivity index (χ1) is 22.0. The maximum absolute atomic E-state index is 2.45. The van der Waals surface area contributed by atoms with Crippen LogP contribution in [0.25, 0.3) is 76.5 Å². The van der Waals surface area contributed by atoms with Gasteiger partial charge in [0.25, 0.3) is 0 Å². The highest BCUT2D eigenvalue weighted by Crippen LogP contribution is 2.46. The van der Waals surface area contributed by atoms with Gasteiger partial charge in [-0.3, -0.25) is 0 Å². The zero-order valence-corrected chi connectivity index (χ0v) is 26.9. The summed E-state index contributed by atoms with van der Waals surface area (Å²) in [7, 11) is -0.209. The molecule has 0 saturated heterocycles. The molecule has 0 aromatic heterocycles. The van der Waals surface area contributed by atoms with E-state index >= 15 is 0 Å². The largest absolute Gasteiger partial charge is 0.169 e. The number of fused-ring (bicyclic) bond motifs is 4. The second-order valence-corrected chi connectivity index (χ2v) is 15.2. The minimum absolute atomic E-state index is 0.209. The van der Waals surface area contributed by atoms with Crippen molar-refractivity contribution in [1.82, 2.24) is 0 Å². The third kappa shape index (κ3) is 4.93. The summed E-state index contributed by atoms with van der Waals surface area (Å²) in [4.78, 5) is 0. The summed E-state index contributed by atoms with van der Waals surface area (Å²) >= 11 is 0. The predicted molar refractivity (Wildman–Crippen MR) is 203 cm³/mol. The van der Waals surface area contributed by atoms with Crippen molar-refractivity contribution in [2.24, 2.45) is 0 Å². The SMILES string of the molecule is CB(C)P(C)c1cccc(-c2ccc3c(-c4ccc5ccccc5c4)c4ccccc4c(-c4ccc5ccccc5c4)c3c2)c1. The summed E-state index contributed by atoms with van der Waals surface area (Å²) in [6, 6.07) is 56.6. The maximum atomic E-state index is 2.45. The number of rotatable bonds is 5. The lowest BCUT2D eigenvalue weighted by molar-refractivity contribution is 1.65. The van der Waals surface area contributed by atoms with Gasteiger partial charge >= 0.3 is 0 Å². The molecule has 0 amide bonds. The minimum Gasteiger partial charge on any atom is -0.113 e. The third-order valence-corrected chi connectivity index (χ3v) is 12.1. The van der Waals surface area contributed by atoms with Crippen LogP contribution >= 0.6 is 7.80 Å². The van der Waals surface area contributed by atoms with Crippen molar-refractivity contribution in [2.75, 3.05) is 6.66 Å². The van der Waals surface area contributed by atoms with Crippen molar-refractivity contribution in [2.45, 2.75) is 13.6 Å². The Bertz CT molecular complexity index is 2390. The number of hydrogen-bond acceptors (Lipinski definition) is 0. The second kappa shape index (κ2) is 11.3. The van der Waals surface area contributed by atoms with E-state index in [2.05, 4.69) is 172 Å². The first kappa shape index (κ1) is 27.8. The van der Waals surface area contributed by atoms with Gasteiger partial charge in [-0.25, -0.2) is 0 Å². The van der Waals surface area contributed by atoms with Gasteiger partial charge in [-0.05, 0) is 113 Å². The van der Waals surface area contributed by atoms with Crippen LogP contribution in [0.2, 0.25) is 13.6 Å². The fourth-order valence-corrected chi connectivity index (χ4v) is 8.13. The van der Waals surface area contributed by atoms with E-state index in [1.165, 1.54) is 81.8 Å². The van der Waals surface area contributed by atoms with Gasteiger partial charge in [0, 0.05) is 0 Å². The van der Waals surface area contributed by atoms with Crippen molar-refractivity contribution >= 4 is 62.6 Å². The molecular weight excluding hydrogens is 558 g/mol. The molecule has 0 heterocycles. The summed E-state index contributed by atoms with van der Waals surface area (Å²) in [5.74, 6) is 0. The van der Waals surface area contributed by atoms with Gasteiger partial charge in [-0.2, -0.15) is 0 Å². The van der Waals surface area contributed by atoms with Gasteiger partial charge in [-0.1, -0.05) is 141 Å². The minimum atomic E-state index is -0.209. The fraction of sp³-hybridized carbons (Fsp3) is 0.0698. The Labute approximate surface area is 267 Å². The van der Waals surface area contributed by atoms with E-state index in [0.29, 0.717) is 6.43 Å². The van der Waals surface area contributed by atoms with E-state index in [1.54, 1.807) is 0 Å². The van der Waals surface area contributed by atoms with Crippen LogP contribution < -0.4 is 5.30 Å². The summed E-state index contributed by atoms with van der Waals surface area (Å²) in [5, 5.41) is 11.7. The van der Waals surface area contributed by atoms with E-state index in [1.807, 2.05) is 0 Å². The average molecular weight is 593 g/mol. The van der Waals surface area contributed by atoms with Crippen molar-refractivity contribution in [1.29, 1.82) is 0 Å². The van der Waals surface area contributed by atoms with Crippen LogP contribution in [0.1, 0.15) is 0 Å². The van der Waals surface area contributed by atoms with Crippen LogP contribution in [0.4, 0.5) is 0 Å². The lowest BCUT2D eigenvalue weighted by atomic mass is 9.84. The molecule has 0 aliphatic carbocycles. The average Bonchev–Trinajstić information content (AvgIpc) is 3.09. The maximum Gasteiger partial charge on any atom is 0.169 e. The summed E-state index contributed by atoms with van der Waals surface area (Å²) in [6.07, 6.45) is 0.655. The second-order valence-electron chi connectivity index (χ2n) is 12.4. The molecular formula is C43H34BP.